The fourth-order valence-electron chi connectivity index (χ4n) is 5.03. The molecule has 4 aliphatic rings. The van der Waals surface area contributed by atoms with Crippen LogP contribution in [0.3, 0.4) is 0 Å². The molecule has 0 aromatic carbocycles. The number of carboxylic acid groups (broad SMARTS) is 1. The highest BCUT2D eigenvalue weighted by molar-refractivity contribution is 5.75. The van der Waals surface area contributed by atoms with Crippen LogP contribution in [0.5, 0.6) is 0 Å². The van der Waals surface area contributed by atoms with Gasteiger partial charge in [-0.1, -0.05) is 6.92 Å². The Morgan fingerprint density at radius 2 is 2.15 bits per heavy atom. The predicted octanol–water partition coefficient (Wildman–Crippen LogP) is 2.60. The minimum atomic E-state index is -0.608. The van der Waals surface area contributed by atoms with Crippen LogP contribution >= 0.6 is 0 Å². The lowest BCUT2D eigenvalue weighted by Gasteiger charge is -2.40. The molecule has 0 amide bonds. The van der Waals surface area contributed by atoms with E-state index in [4.69, 9.17) is 9.47 Å². The number of carboxylic acids is 1. The van der Waals surface area contributed by atoms with Crippen molar-refractivity contribution < 1.29 is 19.4 Å². The summed E-state index contributed by atoms with van der Waals surface area (Å²) in [6, 6.07) is 0. The van der Waals surface area contributed by atoms with E-state index < -0.39 is 11.4 Å². The molecule has 4 heteroatoms. The van der Waals surface area contributed by atoms with Gasteiger partial charge in [0.25, 0.3) is 0 Å². The van der Waals surface area contributed by atoms with Crippen molar-refractivity contribution in [1.29, 1.82) is 0 Å². The van der Waals surface area contributed by atoms with Crippen LogP contribution in [-0.4, -0.2) is 35.0 Å². The molecule has 2 saturated carbocycles. The molecule has 0 radical (unpaired) electrons. The summed E-state index contributed by atoms with van der Waals surface area (Å²) in [4.78, 5) is 12.0. The first-order valence-electron chi connectivity index (χ1n) is 8.01. The quantitative estimate of drug-likeness (QED) is 0.807. The molecule has 2 saturated heterocycles. The molecule has 20 heavy (non-hydrogen) atoms. The van der Waals surface area contributed by atoms with Gasteiger partial charge in [0, 0.05) is 5.92 Å². The molecule has 7 unspecified atom stereocenters. The van der Waals surface area contributed by atoms with E-state index in [0.29, 0.717) is 18.1 Å². The summed E-state index contributed by atoms with van der Waals surface area (Å²) >= 11 is 0. The highest BCUT2D eigenvalue weighted by atomic mass is 16.6. The third-order valence-corrected chi connectivity index (χ3v) is 6.51. The van der Waals surface area contributed by atoms with Crippen LogP contribution in [0.15, 0.2) is 0 Å². The van der Waals surface area contributed by atoms with Gasteiger partial charge in [0.15, 0.2) is 0 Å². The monoisotopic (exact) mass is 280 g/mol. The van der Waals surface area contributed by atoms with Gasteiger partial charge in [-0.25, -0.2) is 0 Å². The molecule has 2 aliphatic carbocycles. The summed E-state index contributed by atoms with van der Waals surface area (Å²) in [5, 5.41) is 9.88. The van der Waals surface area contributed by atoms with Gasteiger partial charge >= 0.3 is 5.97 Å². The van der Waals surface area contributed by atoms with Gasteiger partial charge in [-0.05, 0) is 51.4 Å². The molecule has 0 aromatic rings. The van der Waals surface area contributed by atoms with Crippen molar-refractivity contribution in [2.75, 3.05) is 0 Å². The molecular formula is C16H24O4. The van der Waals surface area contributed by atoms with Gasteiger partial charge in [-0.15, -0.1) is 0 Å². The maximum absolute atomic E-state index is 12.0. The Balaban J connectivity index is 1.52. The van der Waals surface area contributed by atoms with E-state index in [2.05, 4.69) is 13.8 Å². The van der Waals surface area contributed by atoms with Crippen molar-refractivity contribution in [3.8, 4) is 0 Å². The number of fused-ring (bicyclic) bond motifs is 2. The summed E-state index contributed by atoms with van der Waals surface area (Å²) in [7, 11) is 0. The molecule has 4 rings (SSSR count). The lowest BCUT2D eigenvalue weighted by molar-refractivity contribution is -0.156. The van der Waals surface area contributed by atoms with Crippen LogP contribution < -0.4 is 0 Å². The fourth-order valence-corrected chi connectivity index (χ4v) is 5.03. The number of carbonyl (C=O) groups is 1. The van der Waals surface area contributed by atoms with Crippen LogP contribution in [-0.2, 0) is 14.3 Å². The van der Waals surface area contributed by atoms with Crippen LogP contribution in [0.2, 0.25) is 0 Å². The van der Waals surface area contributed by atoms with E-state index in [9.17, 15) is 9.90 Å². The molecule has 7 atom stereocenters. The summed E-state index contributed by atoms with van der Waals surface area (Å²) in [6.07, 6.45) is 6.76. The van der Waals surface area contributed by atoms with E-state index in [0.717, 1.165) is 38.5 Å². The number of aliphatic carboxylic acids is 1. The van der Waals surface area contributed by atoms with Crippen molar-refractivity contribution >= 4 is 5.97 Å². The third-order valence-electron chi connectivity index (χ3n) is 6.51. The first-order valence-corrected chi connectivity index (χ1v) is 8.01. The Morgan fingerprint density at radius 1 is 1.35 bits per heavy atom. The van der Waals surface area contributed by atoms with E-state index in [1.165, 1.54) is 0 Å². The molecule has 0 spiro atoms. The second-order valence-corrected chi connectivity index (χ2v) is 7.70. The molecule has 0 bridgehead atoms. The maximum atomic E-state index is 12.0. The van der Waals surface area contributed by atoms with Crippen LogP contribution in [0.25, 0.3) is 0 Å². The smallest absolute Gasteiger partial charge is 0.310 e. The van der Waals surface area contributed by atoms with E-state index in [1.54, 1.807) is 0 Å². The lowest BCUT2D eigenvalue weighted by Crippen LogP contribution is -2.45. The molecule has 112 valence electrons. The Hall–Kier alpha value is -0.610. The zero-order valence-electron chi connectivity index (χ0n) is 12.3. The topological polar surface area (TPSA) is 62.4 Å². The highest BCUT2D eigenvalue weighted by Crippen LogP contribution is 2.57. The summed E-state index contributed by atoms with van der Waals surface area (Å²) < 4.78 is 11.4. The van der Waals surface area contributed by atoms with Gasteiger partial charge in [0.05, 0.1) is 29.3 Å². The average molecular weight is 280 g/mol. The van der Waals surface area contributed by atoms with Crippen LogP contribution in [0.4, 0.5) is 0 Å². The van der Waals surface area contributed by atoms with Gasteiger partial charge in [0.2, 0.25) is 0 Å². The summed E-state index contributed by atoms with van der Waals surface area (Å²) in [5.74, 6) is 0.0277. The molecule has 0 aromatic heterocycles. The summed E-state index contributed by atoms with van der Waals surface area (Å²) in [6.45, 7) is 4.26. The van der Waals surface area contributed by atoms with E-state index in [-0.39, 0.29) is 17.6 Å². The van der Waals surface area contributed by atoms with Gasteiger partial charge in [-0.3, -0.25) is 4.79 Å². The van der Waals surface area contributed by atoms with Gasteiger partial charge in [0.1, 0.15) is 0 Å². The van der Waals surface area contributed by atoms with Crippen molar-refractivity contribution in [2.24, 2.45) is 17.3 Å². The third kappa shape index (κ3) is 1.77. The predicted molar refractivity (Wildman–Crippen MR) is 72.4 cm³/mol. The van der Waals surface area contributed by atoms with Gasteiger partial charge in [-0.2, -0.15) is 0 Å². The minimum absolute atomic E-state index is 0.0547. The van der Waals surface area contributed by atoms with Crippen LogP contribution in [0, 0.1) is 17.3 Å². The van der Waals surface area contributed by atoms with Crippen molar-refractivity contribution in [3.63, 3.8) is 0 Å². The zero-order valence-corrected chi connectivity index (χ0v) is 12.3. The summed E-state index contributed by atoms with van der Waals surface area (Å²) in [5.41, 5.74) is -0.514. The minimum Gasteiger partial charge on any atom is -0.481 e. The first kappa shape index (κ1) is 13.1. The molecule has 2 aliphatic heterocycles. The lowest BCUT2D eigenvalue weighted by atomic mass is 9.61. The van der Waals surface area contributed by atoms with E-state index in [1.807, 2.05) is 0 Å². The number of epoxide rings is 2. The number of ether oxygens (including phenoxy) is 2. The molecule has 1 N–H and O–H groups in total. The Morgan fingerprint density at radius 3 is 2.85 bits per heavy atom. The van der Waals surface area contributed by atoms with Crippen molar-refractivity contribution in [2.45, 2.75) is 76.3 Å². The maximum Gasteiger partial charge on any atom is 0.310 e. The van der Waals surface area contributed by atoms with Crippen molar-refractivity contribution in [1.82, 2.24) is 0 Å². The first-order chi connectivity index (χ1) is 9.44. The number of hydrogen-bond donors (Lipinski definition) is 1. The Labute approximate surface area is 119 Å². The van der Waals surface area contributed by atoms with E-state index >= 15 is 0 Å². The molecule has 2 heterocycles. The second kappa shape index (κ2) is 3.98. The SMILES string of the molecule is CC1C2OC2CCC1(CC1CCC2OC2(C)C1)C(=O)O. The highest BCUT2D eigenvalue weighted by Gasteiger charge is 2.61. The Bertz CT molecular complexity index is 450. The Kier molecular flexibility index (Phi) is 2.60. The fraction of sp³-hybridized carbons (Fsp3) is 0.938. The largest absolute Gasteiger partial charge is 0.481 e. The average Bonchev–Trinajstić information content (AvgIpc) is 3.25. The van der Waals surface area contributed by atoms with Gasteiger partial charge < -0.3 is 14.6 Å². The number of hydrogen-bond acceptors (Lipinski definition) is 3. The van der Waals surface area contributed by atoms with Crippen molar-refractivity contribution in [3.05, 3.63) is 0 Å². The standard InChI is InChI=1S/C16H24O4/c1-9-13-11(19-13)5-6-16(9,14(17)18)8-10-3-4-12-15(2,7-10)20-12/h9-13H,3-8H2,1-2H3,(H,17,18). The molecule has 4 nitrogen and oxygen atoms in total. The second-order valence-electron chi connectivity index (χ2n) is 7.70. The molecule has 4 fully saturated rings. The van der Waals surface area contributed by atoms with Crippen LogP contribution in [0.1, 0.15) is 52.4 Å². The zero-order chi connectivity index (χ0) is 14.1. The number of rotatable bonds is 3. The normalized spacial score (nSPS) is 56.6. The molecular weight excluding hydrogens is 256 g/mol.